The number of methoxy groups -OCH3 is 1. The minimum Gasteiger partial charge on any atom is -0.496 e. The number of benzene rings is 1. The predicted octanol–water partition coefficient (Wildman–Crippen LogP) is 2.54. The summed E-state index contributed by atoms with van der Waals surface area (Å²) in [6.45, 7) is 5.30. The summed E-state index contributed by atoms with van der Waals surface area (Å²) in [6.07, 6.45) is 0. The van der Waals surface area contributed by atoms with Crippen LogP contribution < -0.4 is 10.1 Å². The molecule has 1 N–H and O–H groups in total. The maximum Gasteiger partial charge on any atom is 0.224 e. The van der Waals surface area contributed by atoms with Gasteiger partial charge in [0.25, 0.3) is 0 Å². The van der Waals surface area contributed by atoms with Crippen molar-refractivity contribution in [3.05, 3.63) is 24.0 Å². The number of ether oxygens (including phenoxy) is 1. The quantitative estimate of drug-likeness (QED) is 0.901. The second-order valence-electron chi connectivity index (χ2n) is 3.94. The minimum atomic E-state index is -0.371. The van der Waals surface area contributed by atoms with Crippen molar-refractivity contribution >= 4 is 5.95 Å². The van der Waals surface area contributed by atoms with Crippen LogP contribution in [0.25, 0.3) is 11.4 Å². The van der Waals surface area contributed by atoms with Gasteiger partial charge >= 0.3 is 0 Å². The molecule has 6 heteroatoms. The highest BCUT2D eigenvalue weighted by Gasteiger charge is 2.19. The van der Waals surface area contributed by atoms with Gasteiger partial charge in [0.05, 0.1) is 12.7 Å². The Morgan fingerprint density at radius 2 is 2.11 bits per heavy atom. The van der Waals surface area contributed by atoms with Crippen molar-refractivity contribution in [2.45, 2.75) is 20.4 Å². The molecule has 1 heterocycles. The minimum absolute atomic E-state index is 0.337. The van der Waals surface area contributed by atoms with Crippen LogP contribution in [0.5, 0.6) is 5.75 Å². The first-order valence-corrected chi connectivity index (χ1v) is 6.22. The Morgan fingerprint density at radius 1 is 1.32 bits per heavy atom. The van der Waals surface area contributed by atoms with Crippen LogP contribution in [0, 0.1) is 5.82 Å². The van der Waals surface area contributed by atoms with Crippen LogP contribution in [0.15, 0.2) is 18.2 Å². The Hall–Kier alpha value is -2.11. The van der Waals surface area contributed by atoms with Crippen molar-refractivity contribution in [1.29, 1.82) is 0 Å². The molecule has 5 nitrogen and oxygen atoms in total. The highest BCUT2D eigenvalue weighted by Crippen LogP contribution is 2.32. The Labute approximate surface area is 111 Å². The highest BCUT2D eigenvalue weighted by molar-refractivity contribution is 5.66. The average Bonchev–Trinajstić information content (AvgIpc) is 2.81. The van der Waals surface area contributed by atoms with E-state index in [0.29, 0.717) is 29.6 Å². The summed E-state index contributed by atoms with van der Waals surface area (Å²) in [6, 6.07) is 4.70. The summed E-state index contributed by atoms with van der Waals surface area (Å²) >= 11 is 0. The molecule has 0 aliphatic carbocycles. The SMILES string of the molecule is CCNc1nnc(-c2c(F)cccc2OC)n1CC. The molecule has 0 amide bonds. The Bertz CT molecular complexity index is 568. The van der Waals surface area contributed by atoms with Crippen LogP contribution in [-0.4, -0.2) is 28.4 Å². The molecule has 0 aliphatic rings. The normalized spacial score (nSPS) is 10.5. The molecule has 1 aromatic heterocycles. The third-order valence-corrected chi connectivity index (χ3v) is 2.82. The molecular formula is C13H17FN4O. The second-order valence-corrected chi connectivity index (χ2v) is 3.94. The highest BCUT2D eigenvalue weighted by atomic mass is 19.1. The fourth-order valence-electron chi connectivity index (χ4n) is 1.97. The molecule has 0 bridgehead atoms. The molecule has 0 atom stereocenters. The van der Waals surface area contributed by atoms with Crippen molar-refractivity contribution in [1.82, 2.24) is 14.8 Å². The number of halogens is 1. The summed E-state index contributed by atoms with van der Waals surface area (Å²) in [4.78, 5) is 0. The summed E-state index contributed by atoms with van der Waals surface area (Å²) in [5.41, 5.74) is 0.337. The topological polar surface area (TPSA) is 52.0 Å². The van der Waals surface area contributed by atoms with Crippen LogP contribution in [0.1, 0.15) is 13.8 Å². The van der Waals surface area contributed by atoms with Gasteiger partial charge in [-0.15, -0.1) is 10.2 Å². The van der Waals surface area contributed by atoms with Gasteiger partial charge in [-0.2, -0.15) is 0 Å². The molecule has 1 aromatic carbocycles. The van der Waals surface area contributed by atoms with E-state index in [4.69, 9.17) is 4.74 Å². The van der Waals surface area contributed by atoms with Crippen molar-refractivity contribution in [2.75, 3.05) is 19.0 Å². The Balaban J connectivity index is 2.59. The molecule has 0 radical (unpaired) electrons. The predicted molar refractivity (Wildman–Crippen MR) is 71.8 cm³/mol. The van der Waals surface area contributed by atoms with Crippen LogP contribution >= 0.6 is 0 Å². The lowest BCUT2D eigenvalue weighted by molar-refractivity contribution is 0.412. The zero-order valence-electron chi connectivity index (χ0n) is 11.3. The molecular weight excluding hydrogens is 247 g/mol. The maximum atomic E-state index is 14.1. The van der Waals surface area contributed by atoms with Crippen LogP contribution in [0.4, 0.5) is 10.3 Å². The Kier molecular flexibility index (Phi) is 3.99. The van der Waals surface area contributed by atoms with E-state index in [2.05, 4.69) is 15.5 Å². The van der Waals surface area contributed by atoms with Crippen molar-refractivity contribution in [3.63, 3.8) is 0 Å². The molecule has 19 heavy (non-hydrogen) atoms. The summed E-state index contributed by atoms with van der Waals surface area (Å²) < 4.78 is 21.1. The number of aromatic nitrogens is 3. The Morgan fingerprint density at radius 3 is 2.74 bits per heavy atom. The van der Waals surface area contributed by atoms with Gasteiger partial charge in [0.1, 0.15) is 11.6 Å². The summed E-state index contributed by atoms with van der Waals surface area (Å²) in [5.74, 6) is 1.17. The lowest BCUT2D eigenvalue weighted by Gasteiger charge is -2.11. The third kappa shape index (κ3) is 2.38. The number of rotatable bonds is 5. The smallest absolute Gasteiger partial charge is 0.224 e. The second kappa shape index (κ2) is 5.69. The molecule has 0 fully saturated rings. The van der Waals surface area contributed by atoms with E-state index >= 15 is 0 Å². The van der Waals surface area contributed by atoms with E-state index in [1.54, 1.807) is 12.1 Å². The number of anilines is 1. The first kappa shape index (κ1) is 13.3. The molecule has 2 rings (SSSR count). The van der Waals surface area contributed by atoms with Gasteiger partial charge in [-0.1, -0.05) is 6.07 Å². The van der Waals surface area contributed by atoms with Gasteiger partial charge in [-0.3, -0.25) is 4.57 Å². The van der Waals surface area contributed by atoms with Gasteiger partial charge in [0.2, 0.25) is 5.95 Å². The van der Waals surface area contributed by atoms with Gasteiger partial charge in [-0.05, 0) is 26.0 Å². The number of hydrogen-bond acceptors (Lipinski definition) is 4. The lowest BCUT2D eigenvalue weighted by atomic mass is 10.1. The van der Waals surface area contributed by atoms with E-state index in [0.717, 1.165) is 6.54 Å². The third-order valence-electron chi connectivity index (χ3n) is 2.82. The van der Waals surface area contributed by atoms with Crippen molar-refractivity contribution < 1.29 is 9.13 Å². The fraction of sp³-hybridized carbons (Fsp3) is 0.385. The van der Waals surface area contributed by atoms with Gasteiger partial charge in [0, 0.05) is 13.1 Å². The van der Waals surface area contributed by atoms with Gasteiger partial charge in [0.15, 0.2) is 5.82 Å². The molecule has 0 saturated carbocycles. The maximum absolute atomic E-state index is 14.1. The summed E-state index contributed by atoms with van der Waals surface area (Å²) in [7, 11) is 1.51. The van der Waals surface area contributed by atoms with Gasteiger partial charge in [-0.25, -0.2) is 4.39 Å². The van der Waals surface area contributed by atoms with Crippen LogP contribution in [-0.2, 0) is 6.54 Å². The standard InChI is InChI=1S/C13H17FN4O/c1-4-15-13-17-16-12(18(13)5-2)11-9(14)7-6-8-10(11)19-3/h6-8H,4-5H2,1-3H3,(H,15,17). The average molecular weight is 264 g/mol. The van der Waals surface area contributed by atoms with E-state index in [-0.39, 0.29) is 5.82 Å². The molecule has 0 saturated heterocycles. The van der Waals surface area contributed by atoms with Crippen LogP contribution in [0.3, 0.4) is 0 Å². The number of nitrogens with zero attached hydrogens (tertiary/aromatic N) is 3. The van der Waals surface area contributed by atoms with Crippen LogP contribution in [0.2, 0.25) is 0 Å². The molecule has 2 aromatic rings. The van der Waals surface area contributed by atoms with E-state index in [1.165, 1.54) is 13.2 Å². The first-order valence-electron chi connectivity index (χ1n) is 6.22. The van der Waals surface area contributed by atoms with Gasteiger partial charge < -0.3 is 10.1 Å². The first-order chi connectivity index (χ1) is 9.22. The van der Waals surface area contributed by atoms with E-state index < -0.39 is 0 Å². The number of hydrogen-bond donors (Lipinski definition) is 1. The fourth-order valence-corrected chi connectivity index (χ4v) is 1.97. The largest absolute Gasteiger partial charge is 0.496 e. The lowest BCUT2D eigenvalue weighted by Crippen LogP contribution is -2.07. The van der Waals surface area contributed by atoms with Crippen molar-refractivity contribution in [3.8, 4) is 17.1 Å². The zero-order valence-corrected chi connectivity index (χ0v) is 11.3. The monoisotopic (exact) mass is 264 g/mol. The molecule has 0 unspecified atom stereocenters. The molecule has 102 valence electrons. The van der Waals surface area contributed by atoms with E-state index in [1.807, 2.05) is 18.4 Å². The zero-order chi connectivity index (χ0) is 13.8. The molecule has 0 aliphatic heterocycles. The summed E-state index contributed by atoms with van der Waals surface area (Å²) in [5, 5.41) is 11.2. The number of nitrogens with one attached hydrogen (secondary N) is 1. The van der Waals surface area contributed by atoms with E-state index in [9.17, 15) is 4.39 Å². The molecule has 0 spiro atoms. The van der Waals surface area contributed by atoms with Crippen molar-refractivity contribution in [2.24, 2.45) is 0 Å².